The lowest BCUT2D eigenvalue weighted by Crippen LogP contribution is -2.38. The van der Waals surface area contributed by atoms with Gasteiger partial charge in [-0.15, -0.1) is 0 Å². The van der Waals surface area contributed by atoms with E-state index >= 15 is 0 Å². The average Bonchev–Trinajstić information content (AvgIpc) is 3.09. The molecule has 0 amide bonds. The molecule has 2 nitrogen and oxygen atoms in total. The van der Waals surface area contributed by atoms with Gasteiger partial charge in [0.1, 0.15) is 5.75 Å². The molecule has 2 aliphatic rings. The van der Waals surface area contributed by atoms with E-state index in [4.69, 9.17) is 4.74 Å². The van der Waals surface area contributed by atoms with Crippen molar-refractivity contribution in [1.82, 2.24) is 5.32 Å². The van der Waals surface area contributed by atoms with E-state index in [0.717, 1.165) is 18.8 Å². The van der Waals surface area contributed by atoms with Gasteiger partial charge in [0.05, 0.1) is 6.61 Å². The summed E-state index contributed by atoms with van der Waals surface area (Å²) < 4.78 is 5.70. The van der Waals surface area contributed by atoms with E-state index in [-0.39, 0.29) is 0 Å². The topological polar surface area (TPSA) is 21.3 Å². The average molecular weight is 231 g/mol. The summed E-state index contributed by atoms with van der Waals surface area (Å²) in [6.45, 7) is 5.54. The van der Waals surface area contributed by atoms with Crippen molar-refractivity contribution in [3.8, 4) is 5.75 Å². The van der Waals surface area contributed by atoms with Crippen LogP contribution < -0.4 is 10.1 Å². The second kappa shape index (κ2) is 4.02. The maximum atomic E-state index is 5.70. The summed E-state index contributed by atoms with van der Waals surface area (Å²) in [6.07, 6.45) is 3.81. The summed E-state index contributed by atoms with van der Waals surface area (Å²) in [5.74, 6) is 1.06. The first kappa shape index (κ1) is 11.1. The van der Waals surface area contributed by atoms with E-state index in [2.05, 4.69) is 37.4 Å². The highest BCUT2D eigenvalue weighted by Gasteiger charge is 2.43. The minimum Gasteiger partial charge on any atom is -0.493 e. The molecule has 2 heteroatoms. The van der Waals surface area contributed by atoms with Gasteiger partial charge in [-0.05, 0) is 31.2 Å². The normalized spacial score (nSPS) is 26.8. The maximum Gasteiger partial charge on any atom is 0.124 e. The zero-order valence-corrected chi connectivity index (χ0v) is 10.7. The maximum absolute atomic E-state index is 5.70. The monoisotopic (exact) mass is 231 g/mol. The molecule has 0 radical (unpaired) electrons. The van der Waals surface area contributed by atoms with E-state index in [0.29, 0.717) is 17.5 Å². The molecule has 2 unspecified atom stereocenters. The Bertz CT molecular complexity index is 411. The van der Waals surface area contributed by atoms with Gasteiger partial charge in [-0.2, -0.15) is 0 Å². The molecule has 1 aliphatic heterocycles. The second-order valence-electron chi connectivity index (χ2n) is 5.77. The molecule has 1 aromatic rings. The van der Waals surface area contributed by atoms with Crippen LogP contribution in [0.15, 0.2) is 24.3 Å². The molecule has 1 fully saturated rings. The van der Waals surface area contributed by atoms with Gasteiger partial charge in [0.15, 0.2) is 0 Å². The smallest absolute Gasteiger partial charge is 0.124 e. The van der Waals surface area contributed by atoms with Crippen LogP contribution in [0.4, 0.5) is 0 Å². The largest absolute Gasteiger partial charge is 0.493 e. The number of hydrogen-bond acceptors (Lipinski definition) is 2. The van der Waals surface area contributed by atoms with Crippen molar-refractivity contribution in [3.63, 3.8) is 0 Å². The quantitative estimate of drug-likeness (QED) is 0.862. The number of fused-ring (bicyclic) bond motifs is 1. The molecule has 0 spiro atoms. The molecule has 92 valence electrons. The van der Waals surface area contributed by atoms with E-state index < -0.39 is 0 Å². The third kappa shape index (κ3) is 2.06. The van der Waals surface area contributed by atoms with E-state index in [1.54, 1.807) is 0 Å². The molecule has 1 aliphatic carbocycles. The minimum atomic E-state index is 0.465. The molecule has 0 aromatic heterocycles. The number of rotatable bonds is 3. The van der Waals surface area contributed by atoms with Gasteiger partial charge in [0, 0.05) is 24.1 Å². The number of hydrogen-bond donors (Lipinski definition) is 1. The molecule has 1 N–H and O–H groups in total. The zero-order chi connectivity index (χ0) is 11.9. The summed E-state index contributed by atoms with van der Waals surface area (Å²) in [4.78, 5) is 0. The van der Waals surface area contributed by atoms with Crippen LogP contribution in [0.25, 0.3) is 0 Å². The first-order valence-electron chi connectivity index (χ1n) is 6.67. The van der Waals surface area contributed by atoms with Crippen LogP contribution in [0.5, 0.6) is 5.75 Å². The molecular weight excluding hydrogens is 210 g/mol. The van der Waals surface area contributed by atoms with Crippen LogP contribution in [0, 0.1) is 5.41 Å². The lowest BCUT2D eigenvalue weighted by molar-refractivity contribution is 0.231. The summed E-state index contributed by atoms with van der Waals surface area (Å²) in [7, 11) is 0. The van der Waals surface area contributed by atoms with Crippen LogP contribution in [0.1, 0.15) is 44.7 Å². The van der Waals surface area contributed by atoms with Crippen LogP contribution >= 0.6 is 0 Å². The van der Waals surface area contributed by atoms with Gasteiger partial charge in [-0.25, -0.2) is 0 Å². The van der Waals surface area contributed by atoms with Crippen LogP contribution in [-0.2, 0) is 0 Å². The Morgan fingerprint density at radius 1 is 1.35 bits per heavy atom. The molecule has 2 atom stereocenters. The van der Waals surface area contributed by atoms with Crippen molar-refractivity contribution in [3.05, 3.63) is 29.8 Å². The first-order chi connectivity index (χ1) is 8.19. The Morgan fingerprint density at radius 3 is 2.88 bits per heavy atom. The number of benzene rings is 1. The molecule has 17 heavy (non-hydrogen) atoms. The van der Waals surface area contributed by atoms with Gasteiger partial charge in [0.25, 0.3) is 0 Å². The lowest BCUT2D eigenvalue weighted by Gasteiger charge is -2.31. The standard InChI is InChI=1S/C15H21NO/c1-11(15(2)8-9-15)16-13-7-10-17-14-6-4-3-5-12(13)14/h3-6,11,13,16H,7-10H2,1-2H3. The summed E-state index contributed by atoms with van der Waals surface area (Å²) in [5, 5.41) is 3.80. The Morgan fingerprint density at radius 2 is 2.12 bits per heavy atom. The predicted molar refractivity (Wildman–Crippen MR) is 69.2 cm³/mol. The van der Waals surface area contributed by atoms with Gasteiger partial charge in [-0.3, -0.25) is 0 Å². The van der Waals surface area contributed by atoms with Crippen molar-refractivity contribution >= 4 is 0 Å². The lowest BCUT2D eigenvalue weighted by atomic mass is 9.95. The van der Waals surface area contributed by atoms with E-state index in [1.165, 1.54) is 18.4 Å². The minimum absolute atomic E-state index is 0.465. The van der Waals surface area contributed by atoms with Gasteiger partial charge in [-0.1, -0.05) is 25.1 Å². The summed E-state index contributed by atoms with van der Waals surface area (Å²) in [6, 6.07) is 9.48. The fraction of sp³-hybridized carbons (Fsp3) is 0.600. The Labute approximate surface area is 103 Å². The zero-order valence-electron chi connectivity index (χ0n) is 10.7. The first-order valence-corrected chi connectivity index (χ1v) is 6.67. The summed E-state index contributed by atoms with van der Waals surface area (Å²) in [5.41, 5.74) is 1.86. The van der Waals surface area contributed by atoms with Crippen LogP contribution in [0.3, 0.4) is 0 Å². The van der Waals surface area contributed by atoms with E-state index in [1.807, 2.05) is 6.07 Å². The van der Waals surface area contributed by atoms with Crippen molar-refractivity contribution in [2.75, 3.05) is 6.61 Å². The predicted octanol–water partition coefficient (Wildman–Crippen LogP) is 3.29. The second-order valence-corrected chi connectivity index (χ2v) is 5.77. The Hall–Kier alpha value is -1.02. The Balaban J connectivity index is 1.76. The number of ether oxygens (including phenoxy) is 1. The highest BCUT2D eigenvalue weighted by molar-refractivity contribution is 5.37. The molecule has 0 saturated heterocycles. The molecule has 0 bridgehead atoms. The van der Waals surface area contributed by atoms with Crippen LogP contribution in [0.2, 0.25) is 0 Å². The van der Waals surface area contributed by atoms with Crippen molar-refractivity contribution in [2.45, 2.75) is 45.2 Å². The molecule has 3 rings (SSSR count). The highest BCUT2D eigenvalue weighted by atomic mass is 16.5. The fourth-order valence-electron chi connectivity index (χ4n) is 2.65. The SMILES string of the molecule is CC(NC1CCOc2ccccc21)C1(C)CC1. The molecule has 1 heterocycles. The highest BCUT2D eigenvalue weighted by Crippen LogP contribution is 2.48. The van der Waals surface area contributed by atoms with Gasteiger partial charge >= 0.3 is 0 Å². The Kier molecular flexibility index (Phi) is 2.62. The van der Waals surface area contributed by atoms with Gasteiger partial charge in [0.2, 0.25) is 0 Å². The fourth-order valence-corrected chi connectivity index (χ4v) is 2.65. The molecule has 1 aromatic carbocycles. The number of para-hydroxylation sites is 1. The molecule has 1 saturated carbocycles. The van der Waals surface area contributed by atoms with Crippen molar-refractivity contribution in [2.24, 2.45) is 5.41 Å². The summed E-state index contributed by atoms with van der Waals surface area (Å²) >= 11 is 0. The molecular formula is C15H21NO. The van der Waals surface area contributed by atoms with Gasteiger partial charge < -0.3 is 10.1 Å². The van der Waals surface area contributed by atoms with Crippen LogP contribution in [-0.4, -0.2) is 12.6 Å². The van der Waals surface area contributed by atoms with Crippen molar-refractivity contribution < 1.29 is 4.74 Å². The van der Waals surface area contributed by atoms with E-state index in [9.17, 15) is 0 Å². The third-order valence-electron chi connectivity index (χ3n) is 4.49. The van der Waals surface area contributed by atoms with Crippen molar-refractivity contribution in [1.29, 1.82) is 0 Å². The third-order valence-corrected chi connectivity index (χ3v) is 4.49. The number of nitrogens with one attached hydrogen (secondary N) is 1.